The molecule has 0 unspecified atom stereocenters. The Labute approximate surface area is 190 Å². The zero-order valence-corrected chi connectivity index (χ0v) is 19.0. The van der Waals surface area contributed by atoms with Crippen molar-refractivity contribution in [2.75, 3.05) is 11.1 Å². The van der Waals surface area contributed by atoms with Crippen molar-refractivity contribution in [1.29, 1.82) is 0 Å². The Bertz CT molecular complexity index is 1080. The fourth-order valence-corrected chi connectivity index (χ4v) is 2.94. The van der Waals surface area contributed by atoms with E-state index in [0.29, 0.717) is 29.3 Å². The number of anilines is 2. The van der Waals surface area contributed by atoms with Crippen LogP contribution in [0.3, 0.4) is 0 Å². The van der Waals surface area contributed by atoms with E-state index in [2.05, 4.69) is 55.9 Å². The number of halogens is 1. The number of aryl methyl sites for hydroxylation is 1. The van der Waals surface area contributed by atoms with Crippen LogP contribution >= 0.6 is 0 Å². The minimum Gasteiger partial charge on any atom is -0.396 e. The fourth-order valence-electron chi connectivity index (χ4n) is 2.94. The van der Waals surface area contributed by atoms with Crippen molar-refractivity contribution in [2.45, 2.75) is 40.3 Å². The second-order valence-corrected chi connectivity index (χ2v) is 7.45. The molecule has 0 saturated heterocycles. The van der Waals surface area contributed by atoms with Gasteiger partial charge in [-0.25, -0.2) is 9.37 Å². The number of nitrogen functional groups attached to an aromatic ring is 1. The van der Waals surface area contributed by atoms with Gasteiger partial charge in [0.2, 0.25) is 0 Å². The van der Waals surface area contributed by atoms with Gasteiger partial charge in [0.15, 0.2) is 0 Å². The quantitative estimate of drug-likeness (QED) is 0.372. The average Bonchev–Trinajstić information content (AvgIpc) is 2.79. The summed E-state index contributed by atoms with van der Waals surface area (Å²) in [5.74, 6) is 0.0794. The van der Waals surface area contributed by atoms with E-state index in [1.165, 1.54) is 18.1 Å². The van der Waals surface area contributed by atoms with E-state index in [1.807, 2.05) is 12.2 Å². The number of nitrogens with zero attached hydrogens (tertiary/aromatic N) is 1. The third-order valence-corrected chi connectivity index (χ3v) is 4.66. The molecule has 3 aromatic rings. The number of benzene rings is 2. The molecule has 1 aromatic heterocycles. The van der Waals surface area contributed by atoms with Crippen LogP contribution < -0.4 is 11.1 Å². The Morgan fingerprint density at radius 1 is 1.12 bits per heavy atom. The molecule has 0 aliphatic rings. The van der Waals surface area contributed by atoms with Crippen molar-refractivity contribution in [1.82, 2.24) is 4.98 Å². The summed E-state index contributed by atoms with van der Waals surface area (Å²) in [6.45, 7) is 10.2. The predicted molar refractivity (Wildman–Crippen MR) is 134 cm³/mol. The molecule has 0 atom stereocenters. The Kier molecular flexibility index (Phi) is 9.64. The highest BCUT2D eigenvalue weighted by molar-refractivity contribution is 5.69. The topological polar surface area (TPSA) is 71.2 Å². The van der Waals surface area contributed by atoms with Gasteiger partial charge >= 0.3 is 0 Å². The van der Waals surface area contributed by atoms with Gasteiger partial charge in [-0.2, -0.15) is 0 Å². The van der Waals surface area contributed by atoms with Crippen molar-refractivity contribution in [3.8, 4) is 11.3 Å². The summed E-state index contributed by atoms with van der Waals surface area (Å²) < 4.78 is 14.0. The molecule has 0 spiro atoms. The number of aromatic nitrogens is 1. The molecule has 1 heterocycles. The monoisotopic (exact) mass is 433 g/mol. The number of nitrogens with one attached hydrogen (secondary N) is 1. The molecular formula is C27H32FN3O. The van der Waals surface area contributed by atoms with Crippen molar-refractivity contribution < 1.29 is 9.50 Å². The Balaban J connectivity index is 0.00000114. The lowest BCUT2D eigenvalue weighted by Gasteiger charge is -2.12. The maximum absolute atomic E-state index is 14.0. The van der Waals surface area contributed by atoms with Gasteiger partial charge < -0.3 is 16.2 Å². The second-order valence-electron chi connectivity index (χ2n) is 7.45. The van der Waals surface area contributed by atoms with Crippen molar-refractivity contribution >= 4 is 17.6 Å². The van der Waals surface area contributed by atoms with Crippen molar-refractivity contribution in [3.63, 3.8) is 0 Å². The molecule has 3 rings (SSSR count). The van der Waals surface area contributed by atoms with Crippen LogP contribution in [0.5, 0.6) is 0 Å². The zero-order chi connectivity index (χ0) is 23.5. The Morgan fingerprint density at radius 2 is 1.88 bits per heavy atom. The Morgan fingerprint density at radius 3 is 2.53 bits per heavy atom. The molecule has 168 valence electrons. The van der Waals surface area contributed by atoms with Gasteiger partial charge in [-0.05, 0) is 47.9 Å². The number of hydrogen-bond donors (Lipinski definition) is 3. The van der Waals surface area contributed by atoms with Crippen molar-refractivity contribution in [3.05, 3.63) is 95.3 Å². The summed E-state index contributed by atoms with van der Waals surface area (Å²) >= 11 is 0. The number of rotatable bonds is 7. The largest absolute Gasteiger partial charge is 0.396 e. The summed E-state index contributed by atoms with van der Waals surface area (Å²) in [5.41, 5.74) is 11.5. The molecule has 0 radical (unpaired) electrons. The first-order valence-electron chi connectivity index (χ1n) is 10.7. The van der Waals surface area contributed by atoms with E-state index >= 15 is 0 Å². The van der Waals surface area contributed by atoms with Crippen LogP contribution in [-0.4, -0.2) is 10.1 Å². The lowest BCUT2D eigenvalue weighted by atomic mass is 10.0. The molecule has 0 amide bonds. The molecule has 0 saturated carbocycles. The SMILES string of the molecule is C=C/C=C\c1cc(CNc2nc(-c3ccc(CO)c(F)c3)ccc2N)ccc1C.CCC. The number of pyridine rings is 1. The standard InChI is InChI=1S/C24H24FN3O.C3H8/c1-3-4-5-18-12-17(7-6-16(18)2)14-27-24-22(26)10-11-23(28-24)19-8-9-20(15-29)21(25)13-19;1-3-2/h3-13,29H,1,14-15,26H2,2H3,(H,27,28);3H2,1-2H3/b5-4-;. The third-order valence-electron chi connectivity index (χ3n) is 4.66. The number of aliphatic hydroxyl groups is 1. The number of aliphatic hydroxyl groups excluding tert-OH is 1. The maximum Gasteiger partial charge on any atom is 0.150 e. The highest BCUT2D eigenvalue weighted by atomic mass is 19.1. The van der Waals surface area contributed by atoms with Gasteiger partial charge in [-0.15, -0.1) is 0 Å². The van der Waals surface area contributed by atoms with E-state index in [-0.39, 0.29) is 12.2 Å². The van der Waals surface area contributed by atoms with Crippen LogP contribution in [0.4, 0.5) is 15.9 Å². The van der Waals surface area contributed by atoms with Crippen LogP contribution in [0.25, 0.3) is 17.3 Å². The van der Waals surface area contributed by atoms with E-state index in [1.54, 1.807) is 30.3 Å². The van der Waals surface area contributed by atoms with E-state index in [4.69, 9.17) is 10.8 Å². The normalized spacial score (nSPS) is 10.5. The summed E-state index contributed by atoms with van der Waals surface area (Å²) in [6, 6.07) is 14.4. The van der Waals surface area contributed by atoms with Gasteiger partial charge in [-0.3, -0.25) is 0 Å². The molecule has 0 fully saturated rings. The van der Waals surface area contributed by atoms with Gasteiger partial charge in [0, 0.05) is 17.7 Å². The molecular weight excluding hydrogens is 401 g/mol. The highest BCUT2D eigenvalue weighted by Crippen LogP contribution is 2.25. The summed E-state index contributed by atoms with van der Waals surface area (Å²) in [6.07, 6.45) is 6.92. The zero-order valence-electron chi connectivity index (χ0n) is 19.0. The van der Waals surface area contributed by atoms with Gasteiger partial charge in [0.1, 0.15) is 11.6 Å². The first kappa shape index (κ1) is 24.8. The van der Waals surface area contributed by atoms with Crippen LogP contribution in [0.15, 0.2) is 67.3 Å². The van der Waals surface area contributed by atoms with Crippen LogP contribution in [0, 0.1) is 12.7 Å². The second kappa shape index (κ2) is 12.4. The van der Waals surface area contributed by atoms with E-state index in [9.17, 15) is 4.39 Å². The average molecular weight is 434 g/mol. The van der Waals surface area contributed by atoms with Crippen molar-refractivity contribution in [2.24, 2.45) is 0 Å². The lowest BCUT2D eigenvalue weighted by Crippen LogP contribution is -2.05. The van der Waals surface area contributed by atoms with Crippen LogP contribution in [0.2, 0.25) is 0 Å². The third kappa shape index (κ3) is 6.79. The first-order chi connectivity index (χ1) is 15.4. The van der Waals surface area contributed by atoms with E-state index < -0.39 is 5.82 Å². The molecule has 0 aliphatic heterocycles. The summed E-state index contributed by atoms with van der Waals surface area (Å²) in [5, 5.41) is 12.4. The molecule has 4 nitrogen and oxygen atoms in total. The highest BCUT2D eigenvalue weighted by Gasteiger charge is 2.09. The maximum atomic E-state index is 14.0. The molecule has 2 aromatic carbocycles. The first-order valence-corrected chi connectivity index (χ1v) is 10.7. The van der Waals surface area contributed by atoms with Crippen LogP contribution in [-0.2, 0) is 13.2 Å². The molecule has 0 bridgehead atoms. The molecule has 4 N–H and O–H groups in total. The van der Waals surface area contributed by atoms with E-state index in [0.717, 1.165) is 11.1 Å². The van der Waals surface area contributed by atoms with Gasteiger partial charge in [0.25, 0.3) is 0 Å². The fraction of sp³-hybridized carbons (Fsp3) is 0.222. The van der Waals surface area contributed by atoms with Crippen LogP contribution in [0.1, 0.15) is 42.5 Å². The van der Waals surface area contributed by atoms with Gasteiger partial charge in [-0.1, -0.05) is 69.3 Å². The summed E-state index contributed by atoms with van der Waals surface area (Å²) in [4.78, 5) is 4.55. The number of allylic oxidation sites excluding steroid dienone is 2. The number of nitrogens with two attached hydrogens (primary N) is 1. The van der Waals surface area contributed by atoms with Gasteiger partial charge in [0.05, 0.1) is 18.0 Å². The molecule has 5 heteroatoms. The lowest BCUT2D eigenvalue weighted by molar-refractivity contribution is 0.276. The molecule has 32 heavy (non-hydrogen) atoms. The molecule has 0 aliphatic carbocycles. The Hall–Kier alpha value is -3.44. The minimum absolute atomic E-state index is 0.253. The summed E-state index contributed by atoms with van der Waals surface area (Å²) in [7, 11) is 0. The number of hydrogen-bond acceptors (Lipinski definition) is 4. The minimum atomic E-state index is -0.460. The smallest absolute Gasteiger partial charge is 0.150 e. The predicted octanol–water partition coefficient (Wildman–Crippen LogP) is 6.50.